The Kier molecular flexibility index (Phi) is 9.75. The monoisotopic (exact) mass is 610 g/mol. The van der Waals surface area contributed by atoms with Crippen molar-refractivity contribution in [2.24, 2.45) is 9.98 Å². The van der Waals surface area contributed by atoms with Gasteiger partial charge >= 0.3 is 0 Å². The van der Waals surface area contributed by atoms with Gasteiger partial charge in [-0.2, -0.15) is 5.10 Å². The van der Waals surface area contributed by atoms with E-state index < -0.39 is 0 Å². The van der Waals surface area contributed by atoms with E-state index in [1.807, 2.05) is 140 Å². The standard InChI is InChI=1S/C38H31ClN4O2/c39-33-17-11-28(12-18-33)23-36-37(40-24-29-13-19-34(20-14-29)44-26-31-7-3-1-4-8-31)42-43-38(36)41-25-30-15-21-35(22-16-30)45-27-32-9-5-2-6-10-32/h1-22,24-25H,23,26-27H2,(H,42,43)/b40-24+,41-25?. The smallest absolute Gasteiger partial charge is 0.179 e. The Bertz CT molecular complexity index is 1740. The zero-order valence-electron chi connectivity index (χ0n) is 24.5. The summed E-state index contributed by atoms with van der Waals surface area (Å²) in [5.41, 5.74) is 6.08. The van der Waals surface area contributed by atoms with Crippen molar-refractivity contribution in [2.45, 2.75) is 19.6 Å². The minimum absolute atomic E-state index is 0.519. The van der Waals surface area contributed by atoms with E-state index in [9.17, 15) is 0 Å². The van der Waals surface area contributed by atoms with E-state index in [4.69, 9.17) is 31.1 Å². The highest BCUT2D eigenvalue weighted by atomic mass is 35.5. The van der Waals surface area contributed by atoms with E-state index in [2.05, 4.69) is 10.2 Å². The molecule has 0 fully saturated rings. The van der Waals surface area contributed by atoms with Crippen LogP contribution in [0.3, 0.4) is 0 Å². The van der Waals surface area contributed by atoms with Gasteiger partial charge in [0.2, 0.25) is 0 Å². The molecule has 0 aliphatic heterocycles. The molecule has 6 aromatic rings. The van der Waals surface area contributed by atoms with E-state index in [0.29, 0.717) is 36.3 Å². The number of rotatable bonds is 12. The Morgan fingerprint density at radius 1 is 0.578 bits per heavy atom. The average molecular weight is 611 g/mol. The molecular formula is C38H31ClN4O2. The van der Waals surface area contributed by atoms with Gasteiger partial charge in [-0.15, -0.1) is 0 Å². The SMILES string of the molecule is Clc1ccc(Cc2c(N=Cc3ccc(OCc4ccccc4)cc3)n[nH]c2/N=C/c2ccc(OCc3ccccc3)cc2)cc1. The van der Waals surface area contributed by atoms with Crippen molar-refractivity contribution in [2.75, 3.05) is 0 Å². The van der Waals surface area contributed by atoms with Crippen LogP contribution < -0.4 is 9.47 Å². The number of hydrogen-bond donors (Lipinski definition) is 1. The number of ether oxygens (including phenoxy) is 2. The second-order valence-electron chi connectivity index (χ2n) is 10.4. The van der Waals surface area contributed by atoms with Crippen LogP contribution >= 0.6 is 11.6 Å². The van der Waals surface area contributed by atoms with Crippen molar-refractivity contribution in [3.05, 3.63) is 172 Å². The first-order valence-electron chi connectivity index (χ1n) is 14.6. The lowest BCUT2D eigenvalue weighted by Gasteiger charge is -2.06. The first-order chi connectivity index (χ1) is 22.2. The second-order valence-corrected chi connectivity index (χ2v) is 10.8. The van der Waals surface area contributed by atoms with Gasteiger partial charge in [-0.25, -0.2) is 9.98 Å². The lowest BCUT2D eigenvalue weighted by molar-refractivity contribution is 0.306. The Hall–Kier alpha value is -5.46. The van der Waals surface area contributed by atoms with E-state index in [1.165, 1.54) is 0 Å². The molecule has 1 aromatic heterocycles. The second kappa shape index (κ2) is 14.8. The maximum atomic E-state index is 6.13. The van der Waals surface area contributed by atoms with Gasteiger partial charge in [0, 0.05) is 29.4 Å². The van der Waals surface area contributed by atoms with Crippen LogP contribution in [-0.4, -0.2) is 22.6 Å². The summed E-state index contributed by atoms with van der Waals surface area (Å²) in [4.78, 5) is 9.47. The van der Waals surface area contributed by atoms with Crippen molar-refractivity contribution < 1.29 is 9.47 Å². The first-order valence-corrected chi connectivity index (χ1v) is 15.0. The van der Waals surface area contributed by atoms with Crippen LogP contribution in [0, 0.1) is 0 Å². The van der Waals surface area contributed by atoms with Crippen LogP contribution in [0.25, 0.3) is 0 Å². The Morgan fingerprint density at radius 2 is 1.09 bits per heavy atom. The molecule has 0 aliphatic carbocycles. The molecule has 0 unspecified atom stereocenters. The topological polar surface area (TPSA) is 71.9 Å². The number of nitrogens with zero attached hydrogens (tertiary/aromatic N) is 3. The van der Waals surface area contributed by atoms with E-state index >= 15 is 0 Å². The summed E-state index contributed by atoms with van der Waals surface area (Å²) in [6, 6.07) is 43.6. The molecule has 0 aliphatic rings. The Morgan fingerprint density at radius 3 is 1.62 bits per heavy atom. The van der Waals surface area contributed by atoms with Crippen LogP contribution in [0.1, 0.15) is 33.4 Å². The van der Waals surface area contributed by atoms with Gasteiger partial charge in [0.05, 0.1) is 0 Å². The molecule has 6 nitrogen and oxygen atoms in total. The van der Waals surface area contributed by atoms with Gasteiger partial charge in [-0.3, -0.25) is 5.10 Å². The lowest BCUT2D eigenvalue weighted by Crippen LogP contribution is -1.95. The van der Waals surface area contributed by atoms with Crippen LogP contribution in [0.5, 0.6) is 11.5 Å². The zero-order valence-corrected chi connectivity index (χ0v) is 25.3. The van der Waals surface area contributed by atoms with Gasteiger partial charge in [-0.1, -0.05) is 84.4 Å². The molecule has 1 N–H and O–H groups in total. The lowest BCUT2D eigenvalue weighted by atomic mass is 10.1. The van der Waals surface area contributed by atoms with Gasteiger partial charge in [0.15, 0.2) is 11.6 Å². The summed E-state index contributed by atoms with van der Waals surface area (Å²) in [5.74, 6) is 2.82. The third-order valence-corrected chi connectivity index (χ3v) is 7.31. The molecule has 0 amide bonds. The largest absolute Gasteiger partial charge is 0.489 e. The van der Waals surface area contributed by atoms with E-state index in [-0.39, 0.29) is 0 Å². The molecule has 0 atom stereocenters. The first kappa shape index (κ1) is 29.6. The molecule has 222 valence electrons. The van der Waals surface area contributed by atoms with Crippen LogP contribution in [0.15, 0.2) is 143 Å². The number of nitrogens with one attached hydrogen (secondary N) is 1. The fraction of sp³-hybridized carbons (Fsp3) is 0.0789. The molecule has 6 rings (SSSR count). The van der Waals surface area contributed by atoms with Crippen molar-refractivity contribution in [1.82, 2.24) is 10.2 Å². The molecule has 7 heteroatoms. The number of aromatic nitrogens is 2. The van der Waals surface area contributed by atoms with Gasteiger partial charge in [0.1, 0.15) is 24.7 Å². The zero-order chi connectivity index (χ0) is 30.7. The molecule has 0 saturated carbocycles. The minimum atomic E-state index is 0.519. The van der Waals surface area contributed by atoms with Crippen molar-refractivity contribution in [3.63, 3.8) is 0 Å². The van der Waals surface area contributed by atoms with E-state index in [1.54, 1.807) is 6.21 Å². The molecule has 0 saturated heterocycles. The molecule has 0 bridgehead atoms. The molecular weight excluding hydrogens is 580 g/mol. The highest BCUT2D eigenvalue weighted by Crippen LogP contribution is 2.29. The number of halogens is 1. The summed E-state index contributed by atoms with van der Waals surface area (Å²) >= 11 is 6.13. The summed E-state index contributed by atoms with van der Waals surface area (Å²) in [6.07, 6.45) is 4.19. The predicted octanol–water partition coefficient (Wildman–Crippen LogP) is 9.31. The Labute approximate surface area is 267 Å². The van der Waals surface area contributed by atoms with E-state index in [0.717, 1.165) is 44.9 Å². The van der Waals surface area contributed by atoms with Crippen molar-refractivity contribution >= 4 is 35.7 Å². The molecule has 5 aromatic carbocycles. The highest BCUT2D eigenvalue weighted by molar-refractivity contribution is 6.30. The van der Waals surface area contributed by atoms with Gasteiger partial charge < -0.3 is 9.47 Å². The molecule has 45 heavy (non-hydrogen) atoms. The maximum absolute atomic E-state index is 6.13. The van der Waals surface area contributed by atoms with Crippen molar-refractivity contribution in [3.8, 4) is 11.5 Å². The molecule has 1 heterocycles. The van der Waals surface area contributed by atoms with Crippen LogP contribution in [0.2, 0.25) is 5.02 Å². The predicted molar refractivity (Wildman–Crippen MR) is 182 cm³/mol. The van der Waals surface area contributed by atoms with Crippen LogP contribution in [-0.2, 0) is 19.6 Å². The normalized spacial score (nSPS) is 11.3. The summed E-state index contributed by atoms with van der Waals surface area (Å²) in [6.45, 7) is 1.04. The number of aliphatic imine (C=N–C) groups is 2. The summed E-state index contributed by atoms with van der Waals surface area (Å²) in [7, 11) is 0. The maximum Gasteiger partial charge on any atom is 0.179 e. The Balaban J connectivity index is 1.15. The third-order valence-electron chi connectivity index (χ3n) is 7.05. The van der Waals surface area contributed by atoms with Crippen LogP contribution in [0.4, 0.5) is 11.6 Å². The number of hydrogen-bond acceptors (Lipinski definition) is 5. The highest BCUT2D eigenvalue weighted by Gasteiger charge is 2.13. The fourth-order valence-electron chi connectivity index (χ4n) is 4.59. The average Bonchev–Trinajstić information content (AvgIpc) is 3.48. The van der Waals surface area contributed by atoms with Gasteiger partial charge in [0.25, 0.3) is 0 Å². The quantitative estimate of drug-likeness (QED) is 0.140. The number of H-pyrrole nitrogens is 1. The minimum Gasteiger partial charge on any atom is -0.489 e. The summed E-state index contributed by atoms with van der Waals surface area (Å²) in [5, 5.41) is 8.26. The number of benzene rings is 5. The third kappa shape index (κ3) is 8.56. The molecule has 0 spiro atoms. The van der Waals surface area contributed by atoms with Gasteiger partial charge in [-0.05, 0) is 88.5 Å². The fourth-order valence-corrected chi connectivity index (χ4v) is 4.71. The van der Waals surface area contributed by atoms with Crippen molar-refractivity contribution in [1.29, 1.82) is 0 Å². The number of aromatic amines is 1. The summed E-state index contributed by atoms with van der Waals surface area (Å²) < 4.78 is 11.8. The molecule has 0 radical (unpaired) electrons.